The van der Waals surface area contributed by atoms with Gasteiger partial charge < -0.3 is 5.11 Å². The van der Waals surface area contributed by atoms with Gasteiger partial charge in [-0.1, -0.05) is 23.7 Å². The molecule has 0 radical (unpaired) electrons. The molecular weight excluding hydrogens is 332 g/mol. The molecule has 0 saturated heterocycles. The molecule has 0 saturated carbocycles. The Morgan fingerprint density at radius 3 is 2.89 bits per heavy atom. The average Bonchev–Trinajstić information content (AvgIpc) is 2.37. The molecule has 0 aliphatic carbocycles. The Hall–Kier alpha value is -1.46. The minimum atomic E-state index is -0.931. The summed E-state index contributed by atoms with van der Waals surface area (Å²) < 4.78 is 0.587. The highest BCUT2D eigenvalue weighted by Crippen LogP contribution is 2.26. The molecule has 1 N–H and O–H groups in total. The van der Waals surface area contributed by atoms with Crippen LogP contribution in [0, 0.1) is 0 Å². The fourth-order valence-corrected chi connectivity index (χ4v) is 2.49. The molecule has 1 heterocycles. The Balaban J connectivity index is 2.32. The van der Waals surface area contributed by atoms with E-state index in [-0.39, 0.29) is 0 Å². The van der Waals surface area contributed by atoms with E-state index < -0.39 is 11.9 Å². The summed E-state index contributed by atoms with van der Waals surface area (Å²) in [6, 6.07) is 7.15. The van der Waals surface area contributed by atoms with Crippen LogP contribution in [0.3, 0.4) is 0 Å². The maximum atomic E-state index is 11.4. The maximum Gasteiger partial charge on any atom is 0.312 e. The first kappa shape index (κ1) is 14.0. The van der Waals surface area contributed by atoms with Crippen molar-refractivity contribution in [2.45, 2.75) is 12.3 Å². The normalized spacial score (nSPS) is 12.1. The Bertz CT molecular complexity index is 607. The molecule has 19 heavy (non-hydrogen) atoms. The van der Waals surface area contributed by atoms with Crippen molar-refractivity contribution in [2.75, 3.05) is 0 Å². The quantitative estimate of drug-likeness (QED) is 0.927. The summed E-state index contributed by atoms with van der Waals surface area (Å²) >= 11 is 9.18. The van der Waals surface area contributed by atoms with Crippen LogP contribution in [-0.2, 0) is 11.2 Å². The molecule has 0 fully saturated rings. The highest BCUT2D eigenvalue weighted by molar-refractivity contribution is 9.10. The lowest BCUT2D eigenvalue weighted by atomic mass is 9.96. The average molecular weight is 342 g/mol. The number of rotatable bonds is 4. The minimum Gasteiger partial charge on any atom is -0.481 e. The topological polar surface area (TPSA) is 63.1 Å². The van der Waals surface area contributed by atoms with Crippen LogP contribution in [-0.4, -0.2) is 21.0 Å². The first-order valence-electron chi connectivity index (χ1n) is 5.50. The van der Waals surface area contributed by atoms with E-state index in [0.717, 1.165) is 5.56 Å². The zero-order chi connectivity index (χ0) is 13.8. The van der Waals surface area contributed by atoms with Gasteiger partial charge >= 0.3 is 5.97 Å². The van der Waals surface area contributed by atoms with Crippen LogP contribution >= 0.6 is 27.5 Å². The number of hydrogen-bond donors (Lipinski definition) is 1. The van der Waals surface area contributed by atoms with Gasteiger partial charge in [-0.05, 0) is 40.0 Å². The molecule has 1 aromatic carbocycles. The van der Waals surface area contributed by atoms with E-state index in [1.165, 1.54) is 12.5 Å². The van der Waals surface area contributed by atoms with Crippen molar-refractivity contribution in [3.05, 3.63) is 57.5 Å². The summed E-state index contributed by atoms with van der Waals surface area (Å²) in [6.45, 7) is 0. The Morgan fingerprint density at radius 1 is 1.47 bits per heavy atom. The van der Waals surface area contributed by atoms with Crippen molar-refractivity contribution in [1.29, 1.82) is 0 Å². The molecule has 98 valence electrons. The van der Waals surface area contributed by atoms with Crippen molar-refractivity contribution in [2.24, 2.45) is 0 Å². The monoisotopic (exact) mass is 340 g/mol. The van der Waals surface area contributed by atoms with Crippen LogP contribution in [0.1, 0.15) is 17.2 Å². The number of hydrogen-bond acceptors (Lipinski definition) is 3. The lowest BCUT2D eigenvalue weighted by Crippen LogP contribution is -2.16. The summed E-state index contributed by atoms with van der Waals surface area (Å²) in [7, 11) is 0. The summed E-state index contributed by atoms with van der Waals surface area (Å²) in [5, 5.41) is 9.95. The van der Waals surface area contributed by atoms with Crippen LogP contribution in [0.2, 0.25) is 5.02 Å². The summed E-state index contributed by atoms with van der Waals surface area (Å²) in [4.78, 5) is 19.3. The van der Waals surface area contributed by atoms with Gasteiger partial charge in [-0.2, -0.15) is 0 Å². The Morgan fingerprint density at radius 2 is 2.26 bits per heavy atom. The number of carboxylic acids is 1. The van der Waals surface area contributed by atoms with Crippen LogP contribution in [0.25, 0.3) is 0 Å². The van der Waals surface area contributed by atoms with Crippen molar-refractivity contribution < 1.29 is 9.90 Å². The second-order valence-corrected chi connectivity index (χ2v) is 5.27. The van der Waals surface area contributed by atoms with Crippen molar-refractivity contribution >= 4 is 33.5 Å². The highest BCUT2D eigenvalue weighted by Gasteiger charge is 2.24. The molecule has 0 aliphatic heterocycles. The van der Waals surface area contributed by atoms with Gasteiger partial charge in [0.25, 0.3) is 0 Å². The first-order valence-corrected chi connectivity index (χ1v) is 6.67. The molecule has 0 spiro atoms. The van der Waals surface area contributed by atoms with Gasteiger partial charge in [0.05, 0.1) is 10.2 Å². The van der Waals surface area contributed by atoms with Crippen LogP contribution in [0.4, 0.5) is 0 Å². The van der Waals surface area contributed by atoms with Crippen molar-refractivity contribution in [3.63, 3.8) is 0 Å². The van der Waals surface area contributed by atoms with Crippen LogP contribution < -0.4 is 0 Å². The number of halogens is 2. The third-order valence-corrected chi connectivity index (χ3v) is 3.50. The second-order valence-electron chi connectivity index (χ2n) is 3.98. The van der Waals surface area contributed by atoms with E-state index in [1.54, 1.807) is 18.2 Å². The third kappa shape index (κ3) is 3.52. The molecule has 1 aromatic heterocycles. The van der Waals surface area contributed by atoms with Gasteiger partial charge in [0, 0.05) is 11.2 Å². The van der Waals surface area contributed by atoms with E-state index in [4.69, 9.17) is 11.6 Å². The number of aliphatic carboxylic acids is 1. The molecule has 1 atom stereocenters. The van der Waals surface area contributed by atoms with Gasteiger partial charge in [-0.15, -0.1) is 0 Å². The summed E-state index contributed by atoms with van der Waals surface area (Å²) in [6.07, 6.45) is 3.20. The summed E-state index contributed by atoms with van der Waals surface area (Å²) in [5.41, 5.74) is 1.31. The maximum absolute atomic E-state index is 11.4. The van der Waals surface area contributed by atoms with E-state index in [9.17, 15) is 9.90 Å². The molecule has 0 amide bonds. The van der Waals surface area contributed by atoms with Gasteiger partial charge in [-0.25, -0.2) is 9.97 Å². The second kappa shape index (κ2) is 6.12. The molecule has 1 unspecified atom stereocenters. The molecule has 6 heteroatoms. The fraction of sp³-hybridized carbons (Fsp3) is 0.154. The lowest BCUT2D eigenvalue weighted by Gasteiger charge is -2.13. The standard InChI is InChI=1S/C13H10BrClN2O2/c14-11-6-16-7-17-12(11)10(13(18)19)5-8-2-1-3-9(15)4-8/h1-4,6-7,10H,5H2,(H,18,19). The Labute approximate surface area is 123 Å². The molecule has 2 rings (SSSR count). The van der Waals surface area contributed by atoms with Crippen LogP contribution in [0.15, 0.2) is 41.3 Å². The summed E-state index contributed by atoms with van der Waals surface area (Å²) in [5.74, 6) is -1.67. The lowest BCUT2D eigenvalue weighted by molar-refractivity contribution is -0.138. The SMILES string of the molecule is O=C(O)C(Cc1cccc(Cl)c1)c1ncncc1Br. The smallest absolute Gasteiger partial charge is 0.312 e. The zero-order valence-corrected chi connectivity index (χ0v) is 12.1. The predicted octanol–water partition coefficient (Wildman–Crippen LogP) is 3.30. The van der Waals surface area contributed by atoms with Crippen molar-refractivity contribution in [3.8, 4) is 0 Å². The Kier molecular flexibility index (Phi) is 4.50. The molecule has 0 bridgehead atoms. The third-order valence-electron chi connectivity index (χ3n) is 2.65. The van der Waals surface area contributed by atoms with Gasteiger partial charge in [-0.3, -0.25) is 4.79 Å². The molecular formula is C13H10BrClN2O2. The number of carbonyl (C=O) groups is 1. The van der Waals surface area contributed by atoms with Gasteiger partial charge in [0.15, 0.2) is 0 Å². The predicted molar refractivity (Wildman–Crippen MR) is 75.3 cm³/mol. The first-order chi connectivity index (χ1) is 9.08. The number of nitrogens with zero attached hydrogens (tertiary/aromatic N) is 2. The molecule has 2 aromatic rings. The number of carboxylic acid groups (broad SMARTS) is 1. The number of aromatic nitrogens is 2. The minimum absolute atomic E-state index is 0.325. The molecule has 0 aliphatic rings. The molecule has 4 nitrogen and oxygen atoms in total. The van der Waals surface area contributed by atoms with Crippen molar-refractivity contribution in [1.82, 2.24) is 9.97 Å². The van der Waals surface area contributed by atoms with E-state index in [2.05, 4.69) is 25.9 Å². The zero-order valence-electron chi connectivity index (χ0n) is 9.75. The van der Waals surface area contributed by atoms with Crippen LogP contribution in [0.5, 0.6) is 0 Å². The van der Waals surface area contributed by atoms with E-state index in [1.807, 2.05) is 6.07 Å². The number of benzene rings is 1. The van der Waals surface area contributed by atoms with Gasteiger partial charge in [0.1, 0.15) is 12.2 Å². The largest absolute Gasteiger partial charge is 0.481 e. The highest BCUT2D eigenvalue weighted by atomic mass is 79.9. The van der Waals surface area contributed by atoms with E-state index in [0.29, 0.717) is 21.6 Å². The fourth-order valence-electron chi connectivity index (χ4n) is 1.78. The van der Waals surface area contributed by atoms with Gasteiger partial charge in [0.2, 0.25) is 0 Å². The van der Waals surface area contributed by atoms with E-state index >= 15 is 0 Å².